The van der Waals surface area contributed by atoms with Crippen LogP contribution in [0.25, 0.3) is 0 Å². The summed E-state index contributed by atoms with van der Waals surface area (Å²) in [7, 11) is 0. The van der Waals surface area contributed by atoms with E-state index >= 15 is 0 Å². The van der Waals surface area contributed by atoms with E-state index in [2.05, 4.69) is 10.3 Å². The number of benzene rings is 1. The van der Waals surface area contributed by atoms with Gasteiger partial charge in [0.15, 0.2) is 0 Å². The Hall–Kier alpha value is -3.09. The van der Waals surface area contributed by atoms with Crippen molar-refractivity contribution in [2.45, 2.75) is 51.7 Å². The summed E-state index contributed by atoms with van der Waals surface area (Å²) in [6.07, 6.45) is 6.69. The monoisotopic (exact) mass is 423 g/mol. The van der Waals surface area contributed by atoms with Gasteiger partial charge in [-0.2, -0.15) is 0 Å². The van der Waals surface area contributed by atoms with Gasteiger partial charge < -0.3 is 19.7 Å². The maximum Gasteiger partial charge on any atom is 0.227 e. The summed E-state index contributed by atoms with van der Waals surface area (Å²) in [5, 5.41) is 2.96. The van der Waals surface area contributed by atoms with Crippen molar-refractivity contribution in [3.63, 3.8) is 0 Å². The van der Waals surface area contributed by atoms with Crippen LogP contribution in [-0.2, 0) is 16.1 Å². The number of ether oxygens (including phenoxy) is 2. The van der Waals surface area contributed by atoms with Crippen molar-refractivity contribution < 1.29 is 19.1 Å². The lowest BCUT2D eigenvalue weighted by Crippen LogP contribution is -2.32. The van der Waals surface area contributed by atoms with Crippen LogP contribution in [0.15, 0.2) is 42.6 Å². The highest BCUT2D eigenvalue weighted by atomic mass is 16.5. The molecule has 1 saturated carbocycles. The van der Waals surface area contributed by atoms with Crippen molar-refractivity contribution in [3.8, 4) is 11.6 Å². The number of rotatable bonds is 8. The van der Waals surface area contributed by atoms with Gasteiger partial charge in [-0.3, -0.25) is 9.59 Å². The third-order valence-electron chi connectivity index (χ3n) is 5.81. The molecule has 164 valence electrons. The Kier molecular flexibility index (Phi) is 6.70. The van der Waals surface area contributed by atoms with Crippen molar-refractivity contribution in [2.75, 3.05) is 18.1 Å². The number of carbonyl (C=O) groups excluding carboxylic acids is 2. The minimum absolute atomic E-state index is 0.0662. The van der Waals surface area contributed by atoms with Crippen molar-refractivity contribution in [2.24, 2.45) is 5.92 Å². The van der Waals surface area contributed by atoms with E-state index in [1.807, 2.05) is 43.3 Å². The fourth-order valence-electron chi connectivity index (χ4n) is 4.21. The molecule has 4 rings (SSSR count). The van der Waals surface area contributed by atoms with Crippen LogP contribution in [0.1, 0.15) is 44.6 Å². The second kappa shape index (κ2) is 9.81. The number of nitrogens with one attached hydrogen (secondary N) is 1. The molecule has 2 fully saturated rings. The van der Waals surface area contributed by atoms with Crippen molar-refractivity contribution in [1.29, 1.82) is 0 Å². The first kappa shape index (κ1) is 21.2. The van der Waals surface area contributed by atoms with Crippen LogP contribution in [0.5, 0.6) is 11.6 Å². The molecule has 0 radical (unpaired) electrons. The summed E-state index contributed by atoms with van der Waals surface area (Å²) in [6, 6.07) is 11.2. The van der Waals surface area contributed by atoms with Gasteiger partial charge in [0.05, 0.1) is 18.2 Å². The van der Waals surface area contributed by atoms with E-state index in [1.165, 1.54) is 12.8 Å². The van der Waals surface area contributed by atoms with Gasteiger partial charge in [0.25, 0.3) is 0 Å². The van der Waals surface area contributed by atoms with Crippen LogP contribution in [0.3, 0.4) is 0 Å². The molecule has 1 aromatic heterocycles. The Morgan fingerprint density at radius 2 is 2.03 bits per heavy atom. The molecular formula is C24H29N3O4. The van der Waals surface area contributed by atoms with Gasteiger partial charge >= 0.3 is 0 Å². The summed E-state index contributed by atoms with van der Waals surface area (Å²) in [6.45, 7) is 3.15. The zero-order chi connectivity index (χ0) is 21.6. The number of pyridine rings is 1. The van der Waals surface area contributed by atoms with Crippen LogP contribution in [0.4, 0.5) is 5.69 Å². The maximum atomic E-state index is 12.7. The molecule has 31 heavy (non-hydrogen) atoms. The van der Waals surface area contributed by atoms with Crippen LogP contribution < -0.4 is 19.7 Å². The van der Waals surface area contributed by atoms with Crippen LogP contribution in [0.2, 0.25) is 0 Å². The number of anilines is 1. The average molecular weight is 424 g/mol. The summed E-state index contributed by atoms with van der Waals surface area (Å²) in [5.41, 5.74) is 1.65. The van der Waals surface area contributed by atoms with Gasteiger partial charge in [0.2, 0.25) is 17.7 Å². The first-order valence-corrected chi connectivity index (χ1v) is 11.1. The van der Waals surface area contributed by atoms with E-state index in [4.69, 9.17) is 9.47 Å². The topological polar surface area (TPSA) is 80.8 Å². The quantitative estimate of drug-likeness (QED) is 0.703. The van der Waals surface area contributed by atoms with Crippen molar-refractivity contribution in [3.05, 3.63) is 48.2 Å². The normalized spacial score (nSPS) is 18.9. The van der Waals surface area contributed by atoms with E-state index in [1.54, 1.807) is 11.1 Å². The lowest BCUT2D eigenvalue weighted by atomic mass is 10.1. The van der Waals surface area contributed by atoms with Crippen LogP contribution in [-0.4, -0.2) is 36.1 Å². The first-order chi connectivity index (χ1) is 15.1. The second-order valence-corrected chi connectivity index (χ2v) is 8.05. The minimum atomic E-state index is -0.391. The maximum absolute atomic E-state index is 12.7. The average Bonchev–Trinajstić information content (AvgIpc) is 3.43. The number of aromatic nitrogens is 1. The molecule has 0 spiro atoms. The Balaban J connectivity index is 1.34. The fraction of sp³-hybridized carbons (Fsp3) is 0.458. The van der Waals surface area contributed by atoms with E-state index in [9.17, 15) is 9.59 Å². The summed E-state index contributed by atoms with van der Waals surface area (Å²) < 4.78 is 11.6. The zero-order valence-corrected chi connectivity index (χ0v) is 17.9. The molecule has 1 aromatic carbocycles. The van der Waals surface area contributed by atoms with E-state index < -0.39 is 5.92 Å². The highest BCUT2D eigenvalue weighted by molar-refractivity contribution is 6.01. The fourth-order valence-corrected chi connectivity index (χ4v) is 4.21. The molecule has 7 heteroatoms. The number of hydrogen-bond acceptors (Lipinski definition) is 5. The van der Waals surface area contributed by atoms with Gasteiger partial charge in [-0.05, 0) is 56.4 Å². The molecule has 1 aliphatic carbocycles. The van der Waals surface area contributed by atoms with Gasteiger partial charge in [-0.15, -0.1) is 0 Å². The molecule has 7 nitrogen and oxygen atoms in total. The summed E-state index contributed by atoms with van der Waals surface area (Å²) in [4.78, 5) is 31.3. The molecule has 2 aromatic rings. The van der Waals surface area contributed by atoms with Crippen LogP contribution in [0, 0.1) is 5.92 Å². The van der Waals surface area contributed by atoms with Gasteiger partial charge in [-0.1, -0.05) is 12.1 Å². The second-order valence-electron chi connectivity index (χ2n) is 8.05. The van der Waals surface area contributed by atoms with Crippen molar-refractivity contribution >= 4 is 17.5 Å². The third kappa shape index (κ3) is 5.16. The highest BCUT2D eigenvalue weighted by Crippen LogP contribution is 2.33. The van der Waals surface area contributed by atoms with Gasteiger partial charge in [0.1, 0.15) is 11.9 Å². The molecular weight excluding hydrogens is 394 g/mol. The molecule has 1 unspecified atom stereocenters. The highest BCUT2D eigenvalue weighted by Gasteiger charge is 2.36. The molecule has 1 N–H and O–H groups in total. The molecule has 2 amide bonds. The standard InChI is InChI=1S/C24H29N3O4/c1-2-30-21-10-6-5-9-20(21)27-16-18(14-23(27)28)24(29)26-15-17-11-12-25-22(13-17)31-19-7-3-4-8-19/h5-6,9-13,18-19H,2-4,7-8,14-16H2,1H3,(H,26,29). The van der Waals surface area contributed by atoms with Crippen LogP contribution >= 0.6 is 0 Å². The van der Waals surface area contributed by atoms with E-state index in [0.717, 1.165) is 18.4 Å². The summed E-state index contributed by atoms with van der Waals surface area (Å²) in [5.74, 6) is 0.681. The predicted octanol–water partition coefficient (Wildman–Crippen LogP) is 3.47. The van der Waals surface area contributed by atoms with Gasteiger partial charge in [0, 0.05) is 31.8 Å². The van der Waals surface area contributed by atoms with E-state index in [-0.39, 0.29) is 24.3 Å². The molecule has 1 aliphatic heterocycles. The zero-order valence-electron chi connectivity index (χ0n) is 17.9. The Bertz CT molecular complexity index is 927. The Morgan fingerprint density at radius 3 is 2.84 bits per heavy atom. The predicted molar refractivity (Wildman–Crippen MR) is 117 cm³/mol. The molecule has 2 aliphatic rings. The third-order valence-corrected chi connectivity index (χ3v) is 5.81. The summed E-state index contributed by atoms with van der Waals surface area (Å²) >= 11 is 0. The Labute approximate surface area is 182 Å². The SMILES string of the molecule is CCOc1ccccc1N1CC(C(=O)NCc2ccnc(OC3CCCC3)c2)CC1=O. The largest absolute Gasteiger partial charge is 0.492 e. The number of hydrogen-bond donors (Lipinski definition) is 1. The lowest BCUT2D eigenvalue weighted by molar-refractivity contribution is -0.126. The number of nitrogens with zero attached hydrogens (tertiary/aromatic N) is 2. The smallest absolute Gasteiger partial charge is 0.227 e. The van der Waals surface area contributed by atoms with E-state index in [0.29, 0.717) is 37.0 Å². The van der Waals surface area contributed by atoms with Gasteiger partial charge in [-0.25, -0.2) is 4.98 Å². The number of para-hydroxylation sites is 2. The first-order valence-electron chi connectivity index (χ1n) is 11.1. The molecule has 0 bridgehead atoms. The molecule has 2 heterocycles. The number of carbonyl (C=O) groups is 2. The lowest BCUT2D eigenvalue weighted by Gasteiger charge is -2.20. The molecule has 1 saturated heterocycles. The Morgan fingerprint density at radius 1 is 1.23 bits per heavy atom. The minimum Gasteiger partial charge on any atom is -0.492 e. The van der Waals surface area contributed by atoms with Crippen molar-refractivity contribution in [1.82, 2.24) is 10.3 Å². The molecule has 1 atom stereocenters. The number of amides is 2.